The van der Waals surface area contributed by atoms with Gasteiger partial charge in [0.1, 0.15) is 5.01 Å². The minimum Gasteiger partial charge on any atom is -0.357 e. The number of aryl methyl sites for hydroxylation is 2. The Bertz CT molecular complexity index is 695. The number of thiophene rings is 1. The van der Waals surface area contributed by atoms with Crippen LogP contribution >= 0.6 is 22.7 Å². The highest BCUT2D eigenvalue weighted by molar-refractivity contribution is 7.11. The van der Waals surface area contributed by atoms with Gasteiger partial charge >= 0.3 is 0 Å². The van der Waals surface area contributed by atoms with Gasteiger partial charge in [-0.15, -0.1) is 22.7 Å². The summed E-state index contributed by atoms with van der Waals surface area (Å²) in [5, 5.41) is 10.2. The molecule has 0 unspecified atom stereocenters. The molecule has 0 saturated carbocycles. The highest BCUT2D eigenvalue weighted by Gasteiger charge is 2.19. The molecule has 7 heteroatoms. The first-order chi connectivity index (χ1) is 13.1. The first-order valence-corrected chi connectivity index (χ1v) is 11.5. The Morgan fingerprint density at radius 2 is 2.11 bits per heavy atom. The second-order valence-corrected chi connectivity index (χ2v) is 9.44. The number of aromatic nitrogens is 1. The Morgan fingerprint density at radius 1 is 1.30 bits per heavy atom. The number of aliphatic imine (C=N–C) groups is 1. The molecule has 1 saturated heterocycles. The van der Waals surface area contributed by atoms with E-state index in [4.69, 9.17) is 4.99 Å². The average molecular weight is 406 g/mol. The Hall–Kier alpha value is -1.44. The lowest BCUT2D eigenvalue weighted by Crippen LogP contribution is -2.42. The van der Waals surface area contributed by atoms with Gasteiger partial charge in [0.25, 0.3) is 0 Å². The maximum Gasteiger partial charge on any atom is 0.191 e. The van der Waals surface area contributed by atoms with E-state index >= 15 is 0 Å². The summed E-state index contributed by atoms with van der Waals surface area (Å²) in [6.45, 7) is 12.3. The molecule has 1 aliphatic heterocycles. The van der Waals surface area contributed by atoms with Gasteiger partial charge < -0.3 is 10.6 Å². The monoisotopic (exact) mass is 405 g/mol. The van der Waals surface area contributed by atoms with E-state index in [0.29, 0.717) is 6.54 Å². The van der Waals surface area contributed by atoms with Crippen molar-refractivity contribution < 1.29 is 0 Å². The van der Waals surface area contributed by atoms with Crippen LogP contribution in [0.25, 0.3) is 0 Å². The van der Waals surface area contributed by atoms with Crippen LogP contribution in [0.15, 0.2) is 22.5 Å². The molecule has 0 amide bonds. The van der Waals surface area contributed by atoms with Gasteiger partial charge in [-0.3, -0.25) is 4.90 Å². The summed E-state index contributed by atoms with van der Waals surface area (Å²) in [5.41, 5.74) is 1.12. The van der Waals surface area contributed by atoms with Gasteiger partial charge in [0.15, 0.2) is 5.96 Å². The van der Waals surface area contributed by atoms with Crippen molar-refractivity contribution in [2.75, 3.05) is 26.2 Å². The number of rotatable bonds is 7. The van der Waals surface area contributed by atoms with Crippen LogP contribution < -0.4 is 10.6 Å². The first kappa shape index (κ1) is 20.3. The van der Waals surface area contributed by atoms with Crippen LogP contribution in [-0.2, 0) is 13.1 Å². The first-order valence-electron chi connectivity index (χ1n) is 9.84. The molecular formula is C20H31N5S2. The molecule has 0 aromatic carbocycles. The number of likely N-dealkylation sites (tertiary alicyclic amines) is 1. The quantitative estimate of drug-likeness (QED) is 0.544. The second kappa shape index (κ2) is 10.2. The number of hydrogen-bond donors (Lipinski definition) is 2. The van der Waals surface area contributed by atoms with E-state index in [1.807, 2.05) is 11.3 Å². The lowest BCUT2D eigenvalue weighted by atomic mass is 9.97. The van der Waals surface area contributed by atoms with E-state index in [1.165, 1.54) is 35.7 Å². The second-order valence-electron chi connectivity index (χ2n) is 7.12. The smallest absolute Gasteiger partial charge is 0.191 e. The van der Waals surface area contributed by atoms with Gasteiger partial charge in [0.05, 0.1) is 12.2 Å². The van der Waals surface area contributed by atoms with Crippen molar-refractivity contribution in [2.45, 2.75) is 46.7 Å². The predicted octanol–water partition coefficient (Wildman–Crippen LogP) is 3.79. The molecule has 0 radical (unpaired) electrons. The molecule has 0 bridgehead atoms. The number of hydrogen-bond acceptors (Lipinski definition) is 5. The summed E-state index contributed by atoms with van der Waals surface area (Å²) in [4.78, 5) is 14.6. The van der Waals surface area contributed by atoms with Crippen LogP contribution in [0.5, 0.6) is 0 Å². The van der Waals surface area contributed by atoms with Crippen molar-refractivity contribution in [1.82, 2.24) is 20.5 Å². The number of piperidine rings is 1. The van der Waals surface area contributed by atoms with Gasteiger partial charge in [-0.05, 0) is 64.1 Å². The highest BCUT2D eigenvalue weighted by atomic mass is 32.1. The lowest BCUT2D eigenvalue weighted by molar-refractivity contribution is 0.179. The van der Waals surface area contributed by atoms with Gasteiger partial charge in [-0.1, -0.05) is 6.07 Å². The summed E-state index contributed by atoms with van der Waals surface area (Å²) in [6, 6.07) is 4.38. The fourth-order valence-electron chi connectivity index (χ4n) is 3.31. The van der Waals surface area contributed by atoms with Crippen LogP contribution in [-0.4, -0.2) is 42.0 Å². The van der Waals surface area contributed by atoms with Gasteiger partial charge in [0.2, 0.25) is 0 Å². The molecule has 148 valence electrons. The molecule has 3 rings (SSSR count). The normalized spacial score (nSPS) is 16.6. The summed E-state index contributed by atoms with van der Waals surface area (Å²) >= 11 is 3.60. The molecule has 0 spiro atoms. The highest BCUT2D eigenvalue weighted by Crippen LogP contribution is 2.20. The predicted molar refractivity (Wildman–Crippen MR) is 117 cm³/mol. The molecule has 1 fully saturated rings. The summed E-state index contributed by atoms with van der Waals surface area (Å²) in [6.07, 6.45) is 2.51. The Labute approximate surface area is 170 Å². The van der Waals surface area contributed by atoms with Crippen molar-refractivity contribution >= 4 is 28.6 Å². The van der Waals surface area contributed by atoms with Gasteiger partial charge in [-0.25, -0.2) is 9.98 Å². The SMILES string of the molecule is CCNC(=NCc1nc(C)c(C)s1)NCC1CCN(Cc2cccs2)CC1. The van der Waals surface area contributed by atoms with Crippen molar-refractivity contribution in [1.29, 1.82) is 0 Å². The number of nitrogens with one attached hydrogen (secondary N) is 2. The molecule has 0 atom stereocenters. The molecule has 5 nitrogen and oxygen atoms in total. The summed E-state index contributed by atoms with van der Waals surface area (Å²) < 4.78 is 0. The van der Waals surface area contributed by atoms with E-state index in [0.717, 1.165) is 42.2 Å². The molecule has 3 heterocycles. The number of thiazole rings is 1. The third kappa shape index (κ3) is 6.30. The van der Waals surface area contributed by atoms with Crippen molar-refractivity contribution in [3.8, 4) is 0 Å². The van der Waals surface area contributed by atoms with Crippen molar-refractivity contribution in [3.63, 3.8) is 0 Å². The largest absolute Gasteiger partial charge is 0.357 e. The maximum absolute atomic E-state index is 4.72. The molecule has 1 aliphatic rings. The van der Waals surface area contributed by atoms with Crippen molar-refractivity contribution in [3.05, 3.63) is 38.0 Å². The zero-order valence-corrected chi connectivity index (χ0v) is 18.3. The molecule has 2 aromatic heterocycles. The topological polar surface area (TPSA) is 52.6 Å². The molecule has 2 N–H and O–H groups in total. The van der Waals surface area contributed by atoms with Crippen LogP contribution in [0.1, 0.15) is 40.2 Å². The van der Waals surface area contributed by atoms with Crippen LogP contribution in [0.3, 0.4) is 0 Å². The Balaban J connectivity index is 1.43. The van der Waals surface area contributed by atoms with E-state index < -0.39 is 0 Å². The van der Waals surface area contributed by atoms with Crippen LogP contribution in [0.2, 0.25) is 0 Å². The third-order valence-corrected chi connectivity index (χ3v) is 6.93. The fourth-order valence-corrected chi connectivity index (χ4v) is 4.91. The van der Waals surface area contributed by atoms with Crippen LogP contribution in [0.4, 0.5) is 0 Å². The molecule has 0 aliphatic carbocycles. The molecule has 2 aromatic rings. The zero-order valence-electron chi connectivity index (χ0n) is 16.6. The zero-order chi connectivity index (χ0) is 19.1. The van der Waals surface area contributed by atoms with E-state index in [2.05, 4.69) is 58.8 Å². The van der Waals surface area contributed by atoms with E-state index in [9.17, 15) is 0 Å². The average Bonchev–Trinajstić information content (AvgIpc) is 3.28. The van der Waals surface area contributed by atoms with Crippen LogP contribution in [0, 0.1) is 19.8 Å². The van der Waals surface area contributed by atoms with E-state index in [1.54, 1.807) is 11.3 Å². The maximum atomic E-state index is 4.72. The standard InChI is InChI=1S/C20H31N5S2/c1-4-21-20(23-13-19-24-15(2)16(3)27-19)22-12-17-7-9-25(10-8-17)14-18-6-5-11-26-18/h5-6,11,17H,4,7-10,12-14H2,1-3H3,(H2,21,22,23). The summed E-state index contributed by atoms with van der Waals surface area (Å²) in [5.74, 6) is 1.63. The minimum atomic E-state index is 0.647. The van der Waals surface area contributed by atoms with Crippen molar-refractivity contribution in [2.24, 2.45) is 10.9 Å². The Kier molecular flexibility index (Phi) is 7.67. The number of guanidine groups is 1. The van der Waals surface area contributed by atoms with Gasteiger partial charge in [0, 0.05) is 29.4 Å². The lowest BCUT2D eigenvalue weighted by Gasteiger charge is -2.32. The van der Waals surface area contributed by atoms with E-state index in [-0.39, 0.29) is 0 Å². The molecular weight excluding hydrogens is 374 g/mol. The third-order valence-electron chi connectivity index (χ3n) is 5.01. The van der Waals surface area contributed by atoms with Gasteiger partial charge in [-0.2, -0.15) is 0 Å². The number of nitrogens with zero attached hydrogens (tertiary/aromatic N) is 3. The Morgan fingerprint density at radius 3 is 2.74 bits per heavy atom. The molecule has 27 heavy (non-hydrogen) atoms. The summed E-state index contributed by atoms with van der Waals surface area (Å²) in [7, 11) is 0. The minimum absolute atomic E-state index is 0.647. The fraction of sp³-hybridized carbons (Fsp3) is 0.600.